The highest BCUT2D eigenvalue weighted by Crippen LogP contribution is 2.36. The van der Waals surface area contributed by atoms with Crippen LogP contribution < -0.4 is 0 Å². The molecule has 2 N–H and O–H groups in total. The van der Waals surface area contributed by atoms with Crippen molar-refractivity contribution in [2.24, 2.45) is 5.92 Å². The number of aliphatic hydroxyl groups is 1. The van der Waals surface area contributed by atoms with Crippen molar-refractivity contribution in [1.29, 1.82) is 0 Å². The zero-order chi connectivity index (χ0) is 14.5. The van der Waals surface area contributed by atoms with Crippen LogP contribution >= 0.6 is 15.9 Å². The molecular formula is C15H21BrO3. The van der Waals surface area contributed by atoms with Gasteiger partial charge in [0.1, 0.15) is 5.60 Å². The minimum Gasteiger partial charge on any atom is -0.481 e. The Morgan fingerprint density at radius 2 is 1.89 bits per heavy atom. The molecule has 1 aromatic carbocycles. The van der Waals surface area contributed by atoms with Crippen molar-refractivity contribution in [3.63, 3.8) is 0 Å². The van der Waals surface area contributed by atoms with Crippen LogP contribution in [0.5, 0.6) is 0 Å². The molecule has 1 rings (SSSR count). The summed E-state index contributed by atoms with van der Waals surface area (Å²) in [5, 5.41) is 20.3. The molecule has 0 aliphatic carbocycles. The molecule has 0 bridgehead atoms. The molecule has 0 fully saturated rings. The van der Waals surface area contributed by atoms with E-state index in [1.54, 1.807) is 12.1 Å². The summed E-state index contributed by atoms with van der Waals surface area (Å²) >= 11 is 3.34. The second-order valence-corrected chi connectivity index (χ2v) is 5.73. The van der Waals surface area contributed by atoms with Crippen molar-refractivity contribution in [3.8, 4) is 0 Å². The van der Waals surface area contributed by atoms with Crippen molar-refractivity contribution >= 4 is 21.9 Å². The summed E-state index contributed by atoms with van der Waals surface area (Å²) in [4.78, 5) is 11.5. The molecule has 0 amide bonds. The van der Waals surface area contributed by atoms with E-state index in [4.69, 9.17) is 0 Å². The minimum atomic E-state index is -1.30. The molecule has 106 valence electrons. The van der Waals surface area contributed by atoms with E-state index in [1.165, 1.54) is 0 Å². The van der Waals surface area contributed by atoms with Crippen molar-refractivity contribution in [1.82, 2.24) is 0 Å². The highest BCUT2D eigenvalue weighted by molar-refractivity contribution is 9.10. The highest BCUT2D eigenvalue weighted by Gasteiger charge is 2.41. The summed E-state index contributed by atoms with van der Waals surface area (Å²) in [5.74, 6) is -1.70. The smallest absolute Gasteiger partial charge is 0.309 e. The lowest BCUT2D eigenvalue weighted by Gasteiger charge is -2.33. The van der Waals surface area contributed by atoms with Gasteiger partial charge in [0.2, 0.25) is 0 Å². The van der Waals surface area contributed by atoms with Gasteiger partial charge in [-0.2, -0.15) is 0 Å². The van der Waals surface area contributed by atoms with Crippen LogP contribution in [0.2, 0.25) is 0 Å². The third-order valence-electron chi connectivity index (χ3n) is 3.60. The number of carboxylic acid groups (broad SMARTS) is 1. The average Bonchev–Trinajstić information content (AvgIpc) is 2.39. The molecule has 3 nitrogen and oxygen atoms in total. The van der Waals surface area contributed by atoms with Crippen LogP contribution in [0.4, 0.5) is 0 Å². The molecule has 0 spiro atoms. The van der Waals surface area contributed by atoms with Gasteiger partial charge >= 0.3 is 5.97 Å². The maximum Gasteiger partial charge on any atom is 0.309 e. The van der Waals surface area contributed by atoms with E-state index < -0.39 is 17.5 Å². The van der Waals surface area contributed by atoms with E-state index >= 15 is 0 Å². The summed E-state index contributed by atoms with van der Waals surface area (Å²) in [6, 6.07) is 7.23. The second-order valence-electron chi connectivity index (χ2n) is 4.82. The van der Waals surface area contributed by atoms with Gasteiger partial charge in [0.15, 0.2) is 0 Å². The summed E-state index contributed by atoms with van der Waals surface area (Å²) in [5.41, 5.74) is -0.636. The van der Waals surface area contributed by atoms with E-state index in [2.05, 4.69) is 15.9 Å². The number of carboxylic acids is 1. The fourth-order valence-corrected chi connectivity index (χ4v) is 2.63. The Labute approximate surface area is 122 Å². The number of rotatable bonds is 7. The van der Waals surface area contributed by atoms with Crippen LogP contribution in [-0.2, 0) is 10.4 Å². The molecule has 0 saturated carbocycles. The standard InChI is InChI=1S/C15H21BrO3/c1-3-5-6-13(14(17)18)15(19,4-2)11-7-9-12(16)10-8-11/h7-10,13,19H,3-6H2,1-2H3,(H,17,18). The van der Waals surface area contributed by atoms with Crippen LogP contribution in [-0.4, -0.2) is 16.2 Å². The first kappa shape index (κ1) is 16.2. The van der Waals surface area contributed by atoms with E-state index in [-0.39, 0.29) is 0 Å². The number of benzene rings is 1. The SMILES string of the molecule is CCCCC(C(=O)O)C(O)(CC)c1ccc(Br)cc1. The Morgan fingerprint density at radius 1 is 1.32 bits per heavy atom. The van der Waals surface area contributed by atoms with E-state index in [0.29, 0.717) is 18.4 Å². The predicted octanol–water partition coefficient (Wildman–Crippen LogP) is 3.94. The molecule has 2 unspecified atom stereocenters. The lowest BCUT2D eigenvalue weighted by atomic mass is 9.77. The van der Waals surface area contributed by atoms with Crippen molar-refractivity contribution in [2.75, 3.05) is 0 Å². The van der Waals surface area contributed by atoms with Gasteiger partial charge in [-0.25, -0.2) is 0 Å². The Kier molecular flexibility index (Phi) is 6.01. The Hall–Kier alpha value is -0.870. The van der Waals surface area contributed by atoms with Crippen LogP contribution in [0.25, 0.3) is 0 Å². The van der Waals surface area contributed by atoms with Crippen molar-refractivity contribution in [3.05, 3.63) is 34.3 Å². The van der Waals surface area contributed by atoms with Crippen molar-refractivity contribution < 1.29 is 15.0 Å². The normalized spacial score (nSPS) is 15.8. The molecule has 19 heavy (non-hydrogen) atoms. The topological polar surface area (TPSA) is 57.5 Å². The zero-order valence-corrected chi connectivity index (χ0v) is 13.0. The van der Waals surface area contributed by atoms with Crippen LogP contribution in [0.15, 0.2) is 28.7 Å². The molecule has 1 aromatic rings. The quantitative estimate of drug-likeness (QED) is 0.797. The maximum absolute atomic E-state index is 11.5. The van der Waals surface area contributed by atoms with E-state index in [1.807, 2.05) is 26.0 Å². The second kappa shape index (κ2) is 7.06. The molecule has 0 aliphatic rings. The largest absolute Gasteiger partial charge is 0.481 e. The molecule has 0 aliphatic heterocycles. The lowest BCUT2D eigenvalue weighted by Crippen LogP contribution is -2.39. The van der Waals surface area contributed by atoms with Crippen LogP contribution in [0, 0.1) is 5.92 Å². The van der Waals surface area contributed by atoms with Gasteiger partial charge in [0.05, 0.1) is 5.92 Å². The Bertz CT molecular complexity index is 416. The third-order valence-corrected chi connectivity index (χ3v) is 4.13. The summed E-state index contributed by atoms with van der Waals surface area (Å²) in [6.45, 7) is 3.84. The predicted molar refractivity (Wildman–Crippen MR) is 79.0 cm³/mol. The van der Waals surface area contributed by atoms with Gasteiger partial charge in [0, 0.05) is 4.47 Å². The molecule has 0 heterocycles. The lowest BCUT2D eigenvalue weighted by molar-refractivity contribution is -0.154. The average molecular weight is 329 g/mol. The maximum atomic E-state index is 11.5. The molecular weight excluding hydrogens is 308 g/mol. The van der Waals surface area contributed by atoms with E-state index in [9.17, 15) is 15.0 Å². The molecule has 0 saturated heterocycles. The zero-order valence-electron chi connectivity index (χ0n) is 11.4. The molecule has 2 atom stereocenters. The van der Waals surface area contributed by atoms with Crippen LogP contribution in [0.3, 0.4) is 0 Å². The summed E-state index contributed by atoms with van der Waals surface area (Å²) in [7, 11) is 0. The van der Waals surface area contributed by atoms with E-state index in [0.717, 1.165) is 17.3 Å². The first-order valence-corrected chi connectivity index (χ1v) is 7.46. The number of hydrogen-bond donors (Lipinski definition) is 2. The van der Waals surface area contributed by atoms with Gasteiger partial charge in [-0.05, 0) is 30.5 Å². The van der Waals surface area contributed by atoms with Crippen molar-refractivity contribution in [2.45, 2.75) is 45.1 Å². The molecule has 0 aromatic heterocycles. The fourth-order valence-electron chi connectivity index (χ4n) is 2.36. The monoisotopic (exact) mass is 328 g/mol. The Balaban J connectivity index is 3.11. The van der Waals surface area contributed by atoms with Crippen LogP contribution in [0.1, 0.15) is 45.1 Å². The summed E-state index contributed by atoms with van der Waals surface area (Å²) in [6.07, 6.45) is 2.60. The number of hydrogen-bond acceptors (Lipinski definition) is 2. The first-order valence-electron chi connectivity index (χ1n) is 6.67. The number of unbranched alkanes of at least 4 members (excludes halogenated alkanes) is 1. The van der Waals surface area contributed by atoms with Gasteiger partial charge < -0.3 is 10.2 Å². The Morgan fingerprint density at radius 3 is 2.32 bits per heavy atom. The number of halogens is 1. The van der Waals surface area contributed by atoms with Gasteiger partial charge in [-0.15, -0.1) is 0 Å². The number of aliphatic carboxylic acids is 1. The fraction of sp³-hybridized carbons (Fsp3) is 0.533. The molecule has 0 radical (unpaired) electrons. The first-order chi connectivity index (χ1) is 8.95. The van der Waals surface area contributed by atoms with Gasteiger partial charge in [-0.1, -0.05) is 54.8 Å². The van der Waals surface area contributed by atoms with Gasteiger partial charge in [-0.3, -0.25) is 4.79 Å². The third kappa shape index (κ3) is 3.80. The van der Waals surface area contributed by atoms with Gasteiger partial charge in [0.25, 0.3) is 0 Å². The molecule has 4 heteroatoms. The minimum absolute atomic E-state index is 0.384. The number of carbonyl (C=O) groups is 1. The summed E-state index contributed by atoms with van der Waals surface area (Å²) < 4.78 is 0.912. The highest BCUT2D eigenvalue weighted by atomic mass is 79.9.